The van der Waals surface area contributed by atoms with E-state index in [1.54, 1.807) is 23.1 Å². The lowest BCUT2D eigenvalue weighted by Gasteiger charge is -2.08. The number of fused-ring (bicyclic) bond motifs is 2. The highest BCUT2D eigenvalue weighted by Crippen LogP contribution is 2.33. The number of benzene rings is 1. The number of rotatable bonds is 3. The minimum atomic E-state index is -0.0612. The zero-order chi connectivity index (χ0) is 16.8. The van der Waals surface area contributed by atoms with Crippen LogP contribution in [0.1, 0.15) is 28.4 Å². The molecule has 1 atom stereocenters. The van der Waals surface area contributed by atoms with Crippen molar-refractivity contribution in [3.63, 3.8) is 0 Å². The van der Waals surface area contributed by atoms with E-state index in [0.717, 1.165) is 31.5 Å². The number of aromatic nitrogens is 4. The summed E-state index contributed by atoms with van der Waals surface area (Å²) in [5.74, 6) is 0.680. The molecule has 4 aromatic rings. The summed E-state index contributed by atoms with van der Waals surface area (Å²) in [5, 5.41) is 1.53. The van der Waals surface area contributed by atoms with Gasteiger partial charge in [-0.1, -0.05) is 23.9 Å². The molecule has 0 aliphatic heterocycles. The fourth-order valence-corrected chi connectivity index (χ4v) is 4.59. The van der Waals surface area contributed by atoms with Crippen molar-refractivity contribution in [2.24, 2.45) is 0 Å². The zero-order valence-electron chi connectivity index (χ0n) is 13.5. The van der Waals surface area contributed by atoms with Crippen LogP contribution in [0.15, 0.2) is 34.2 Å². The Kier molecular flexibility index (Phi) is 3.69. The summed E-state index contributed by atoms with van der Waals surface area (Å²) >= 11 is 3.13. The fraction of sp³-hybridized carbons (Fsp3) is 0.235. The summed E-state index contributed by atoms with van der Waals surface area (Å²) < 4.78 is 0. The minimum Gasteiger partial charge on any atom is -0.333 e. The molecule has 0 saturated heterocycles. The van der Waals surface area contributed by atoms with Gasteiger partial charge in [-0.3, -0.25) is 4.79 Å². The molecule has 24 heavy (non-hydrogen) atoms. The molecular formula is C17H16N4OS2. The third kappa shape index (κ3) is 2.53. The van der Waals surface area contributed by atoms with Gasteiger partial charge in [-0.25, -0.2) is 9.97 Å². The third-order valence-electron chi connectivity index (χ3n) is 4.10. The van der Waals surface area contributed by atoms with Gasteiger partial charge in [0.2, 0.25) is 0 Å². The van der Waals surface area contributed by atoms with Crippen LogP contribution in [0.2, 0.25) is 0 Å². The van der Waals surface area contributed by atoms with Crippen molar-refractivity contribution in [2.45, 2.75) is 31.2 Å². The van der Waals surface area contributed by atoms with Gasteiger partial charge >= 0.3 is 0 Å². The zero-order valence-corrected chi connectivity index (χ0v) is 15.1. The van der Waals surface area contributed by atoms with Gasteiger partial charge in [0.25, 0.3) is 5.56 Å². The second-order valence-corrected chi connectivity index (χ2v) is 8.27. The molecule has 2 N–H and O–H groups in total. The largest absolute Gasteiger partial charge is 0.333 e. The van der Waals surface area contributed by atoms with E-state index < -0.39 is 0 Å². The van der Waals surface area contributed by atoms with Gasteiger partial charge in [0.05, 0.1) is 21.7 Å². The van der Waals surface area contributed by atoms with E-state index in [-0.39, 0.29) is 10.8 Å². The van der Waals surface area contributed by atoms with Gasteiger partial charge in [0.1, 0.15) is 10.7 Å². The van der Waals surface area contributed by atoms with Crippen molar-refractivity contribution < 1.29 is 0 Å². The Morgan fingerprint density at radius 3 is 2.75 bits per heavy atom. The Morgan fingerprint density at radius 2 is 1.96 bits per heavy atom. The second kappa shape index (κ2) is 5.75. The molecule has 3 heterocycles. The molecule has 0 fully saturated rings. The summed E-state index contributed by atoms with van der Waals surface area (Å²) in [6, 6.07) is 7.92. The highest BCUT2D eigenvalue weighted by molar-refractivity contribution is 7.99. The molecule has 0 aliphatic carbocycles. The van der Waals surface area contributed by atoms with Crippen LogP contribution in [-0.2, 0) is 0 Å². The quantitative estimate of drug-likeness (QED) is 0.536. The smallest absolute Gasteiger partial charge is 0.259 e. The standard InChI is InChI=1S/C17H16N4OS2/c1-8-9(2)23-16-13(8)15(22)20-14(21-16)10(3)24-17-18-11-6-4-5-7-12(11)19-17/h4-7,10H,1-3H3,(H,18,19)(H,20,21,22). The number of hydrogen-bond acceptors (Lipinski definition) is 5. The normalized spacial score (nSPS) is 13.0. The predicted molar refractivity (Wildman–Crippen MR) is 100 cm³/mol. The van der Waals surface area contributed by atoms with Crippen LogP contribution < -0.4 is 5.56 Å². The number of thiophene rings is 1. The molecule has 0 radical (unpaired) electrons. The maximum atomic E-state index is 12.4. The van der Waals surface area contributed by atoms with Gasteiger partial charge in [-0.15, -0.1) is 11.3 Å². The minimum absolute atomic E-state index is 0.00891. The van der Waals surface area contributed by atoms with Crippen molar-refractivity contribution in [2.75, 3.05) is 0 Å². The van der Waals surface area contributed by atoms with E-state index in [9.17, 15) is 4.79 Å². The van der Waals surface area contributed by atoms with Crippen LogP contribution in [0.25, 0.3) is 21.3 Å². The van der Waals surface area contributed by atoms with Gasteiger partial charge in [-0.2, -0.15) is 0 Å². The van der Waals surface area contributed by atoms with E-state index in [1.807, 2.05) is 45.0 Å². The molecule has 0 amide bonds. The molecule has 5 nitrogen and oxygen atoms in total. The van der Waals surface area contributed by atoms with Gasteiger partial charge in [0, 0.05) is 4.88 Å². The molecule has 0 aliphatic rings. The molecule has 122 valence electrons. The second-order valence-electron chi connectivity index (χ2n) is 5.73. The summed E-state index contributed by atoms with van der Waals surface area (Å²) in [6.07, 6.45) is 0. The molecule has 1 aromatic carbocycles. The Labute approximate surface area is 146 Å². The first-order chi connectivity index (χ1) is 11.5. The van der Waals surface area contributed by atoms with Crippen molar-refractivity contribution >= 4 is 44.3 Å². The van der Waals surface area contributed by atoms with Gasteiger partial charge in [0.15, 0.2) is 5.16 Å². The Balaban J connectivity index is 1.70. The number of aryl methyl sites for hydroxylation is 2. The first-order valence-corrected chi connectivity index (χ1v) is 9.34. The molecule has 7 heteroatoms. The number of H-pyrrole nitrogens is 2. The van der Waals surface area contributed by atoms with E-state index in [0.29, 0.717) is 11.2 Å². The summed E-state index contributed by atoms with van der Waals surface area (Å²) in [5.41, 5.74) is 2.91. The number of para-hydroxylation sites is 2. The van der Waals surface area contributed by atoms with Crippen LogP contribution >= 0.6 is 23.1 Å². The van der Waals surface area contributed by atoms with Crippen molar-refractivity contribution in [1.82, 2.24) is 19.9 Å². The Bertz CT molecular complexity index is 1080. The Morgan fingerprint density at radius 1 is 1.17 bits per heavy atom. The highest BCUT2D eigenvalue weighted by Gasteiger charge is 2.17. The van der Waals surface area contributed by atoms with E-state index in [4.69, 9.17) is 0 Å². The number of nitrogens with zero attached hydrogens (tertiary/aromatic N) is 2. The van der Waals surface area contributed by atoms with Gasteiger partial charge in [-0.05, 0) is 38.5 Å². The molecule has 0 spiro atoms. The molecule has 0 saturated carbocycles. The first-order valence-electron chi connectivity index (χ1n) is 7.64. The molecular weight excluding hydrogens is 340 g/mol. The number of aromatic amines is 2. The van der Waals surface area contributed by atoms with Crippen LogP contribution in [0.5, 0.6) is 0 Å². The Hall–Kier alpha value is -2.12. The van der Waals surface area contributed by atoms with Crippen molar-refractivity contribution in [3.8, 4) is 0 Å². The average Bonchev–Trinajstić information content (AvgIpc) is 3.08. The predicted octanol–water partition coefficient (Wildman–Crippen LogP) is 4.33. The van der Waals surface area contributed by atoms with Crippen molar-refractivity contribution in [1.29, 1.82) is 0 Å². The van der Waals surface area contributed by atoms with Crippen LogP contribution in [0, 0.1) is 13.8 Å². The highest BCUT2D eigenvalue weighted by atomic mass is 32.2. The maximum Gasteiger partial charge on any atom is 0.259 e. The average molecular weight is 356 g/mol. The summed E-state index contributed by atoms with van der Waals surface area (Å²) in [7, 11) is 0. The first kappa shape index (κ1) is 15.4. The molecule has 1 unspecified atom stereocenters. The van der Waals surface area contributed by atoms with Crippen LogP contribution in [0.4, 0.5) is 0 Å². The topological polar surface area (TPSA) is 74.4 Å². The lowest BCUT2D eigenvalue weighted by atomic mass is 10.2. The molecule has 0 bridgehead atoms. The lowest BCUT2D eigenvalue weighted by molar-refractivity contribution is 0.916. The van der Waals surface area contributed by atoms with Crippen LogP contribution in [-0.4, -0.2) is 19.9 Å². The fourth-order valence-electron chi connectivity index (χ4n) is 2.67. The number of imidazole rings is 1. The van der Waals surface area contributed by atoms with Crippen LogP contribution in [0.3, 0.4) is 0 Å². The van der Waals surface area contributed by atoms with Gasteiger partial charge < -0.3 is 9.97 Å². The van der Waals surface area contributed by atoms with Crippen molar-refractivity contribution in [3.05, 3.63) is 50.9 Å². The monoisotopic (exact) mass is 356 g/mol. The third-order valence-corrected chi connectivity index (χ3v) is 6.19. The summed E-state index contributed by atoms with van der Waals surface area (Å²) in [4.78, 5) is 29.8. The lowest BCUT2D eigenvalue weighted by Crippen LogP contribution is -2.12. The molecule has 3 aromatic heterocycles. The van der Waals surface area contributed by atoms with E-state index in [1.165, 1.54) is 0 Å². The SMILES string of the molecule is Cc1sc2nc(C(C)Sc3nc4ccccc4[nH]3)[nH]c(=O)c2c1C. The summed E-state index contributed by atoms with van der Waals surface area (Å²) in [6.45, 7) is 6.01. The maximum absolute atomic E-state index is 12.4. The number of hydrogen-bond donors (Lipinski definition) is 2. The van der Waals surface area contributed by atoms with E-state index >= 15 is 0 Å². The number of nitrogens with one attached hydrogen (secondary N) is 2. The van der Waals surface area contributed by atoms with E-state index in [2.05, 4.69) is 19.9 Å². The number of thioether (sulfide) groups is 1. The molecule has 4 rings (SSSR count).